The Hall–Kier alpha value is -0.530. The third-order valence-corrected chi connectivity index (χ3v) is 2.81. The average molecular weight is 368 g/mol. The van der Waals surface area contributed by atoms with Crippen LogP contribution in [0.2, 0.25) is 0 Å². The van der Waals surface area contributed by atoms with E-state index < -0.39 is 0 Å². The number of aliphatic imine (C=N–C) groups is 1. The zero-order valence-corrected chi connectivity index (χ0v) is 13.8. The summed E-state index contributed by atoms with van der Waals surface area (Å²) < 4.78 is 0. The monoisotopic (exact) mass is 368 g/mol. The van der Waals surface area contributed by atoms with Gasteiger partial charge in [0.25, 0.3) is 0 Å². The van der Waals surface area contributed by atoms with Gasteiger partial charge < -0.3 is 16.0 Å². The van der Waals surface area contributed by atoms with E-state index in [9.17, 15) is 4.79 Å². The van der Waals surface area contributed by atoms with Crippen molar-refractivity contribution in [2.24, 2.45) is 4.99 Å². The van der Waals surface area contributed by atoms with Gasteiger partial charge in [0.1, 0.15) is 0 Å². The van der Waals surface area contributed by atoms with Gasteiger partial charge in [0.2, 0.25) is 5.91 Å². The molecule has 0 aromatic heterocycles. The van der Waals surface area contributed by atoms with E-state index in [2.05, 4.69) is 27.9 Å². The van der Waals surface area contributed by atoms with Crippen LogP contribution in [0.5, 0.6) is 0 Å². The maximum Gasteiger partial charge on any atom is 0.221 e. The minimum Gasteiger partial charge on any atom is -0.356 e. The Morgan fingerprint density at radius 1 is 1.44 bits per heavy atom. The lowest BCUT2D eigenvalue weighted by Crippen LogP contribution is -2.41. The van der Waals surface area contributed by atoms with Gasteiger partial charge in [-0.25, -0.2) is 0 Å². The number of carbonyl (C=O) groups is 1. The van der Waals surface area contributed by atoms with Crippen LogP contribution in [0, 0.1) is 0 Å². The molecule has 1 unspecified atom stereocenters. The molecule has 5 nitrogen and oxygen atoms in total. The molecule has 1 atom stereocenters. The molecule has 6 heteroatoms. The van der Waals surface area contributed by atoms with E-state index in [1.807, 2.05) is 6.92 Å². The van der Waals surface area contributed by atoms with Crippen LogP contribution in [0.25, 0.3) is 0 Å². The van der Waals surface area contributed by atoms with Crippen molar-refractivity contribution in [2.45, 2.75) is 51.6 Å². The maximum atomic E-state index is 11.5. The third-order valence-electron chi connectivity index (χ3n) is 2.81. The smallest absolute Gasteiger partial charge is 0.221 e. The van der Waals surface area contributed by atoms with Gasteiger partial charge in [-0.2, -0.15) is 0 Å². The molecule has 0 aromatic carbocycles. The molecule has 0 bridgehead atoms. The summed E-state index contributed by atoms with van der Waals surface area (Å²) in [6.07, 6.45) is 3.88. The van der Waals surface area contributed by atoms with Crippen molar-refractivity contribution in [1.82, 2.24) is 16.0 Å². The normalized spacial score (nSPS) is 16.5. The topological polar surface area (TPSA) is 65.5 Å². The summed E-state index contributed by atoms with van der Waals surface area (Å²) >= 11 is 0. The number of guanidine groups is 1. The summed E-state index contributed by atoms with van der Waals surface area (Å²) in [6.45, 7) is 4.69. The van der Waals surface area contributed by atoms with Crippen molar-refractivity contribution >= 4 is 35.8 Å². The molecule has 0 spiro atoms. The first-order valence-corrected chi connectivity index (χ1v) is 6.42. The summed E-state index contributed by atoms with van der Waals surface area (Å²) in [7, 11) is 1.75. The summed E-state index contributed by atoms with van der Waals surface area (Å²) in [5.74, 6) is 0.887. The van der Waals surface area contributed by atoms with E-state index in [1.165, 1.54) is 12.8 Å². The van der Waals surface area contributed by atoms with Crippen LogP contribution in [0.3, 0.4) is 0 Å². The minimum absolute atomic E-state index is 0. The summed E-state index contributed by atoms with van der Waals surface area (Å²) in [4.78, 5) is 15.6. The molecule has 1 saturated carbocycles. The van der Waals surface area contributed by atoms with Gasteiger partial charge >= 0.3 is 0 Å². The SMILES string of the molecule is CCC(C)NC(=O)CCNC(=NC)NC1CC1.I. The summed E-state index contributed by atoms with van der Waals surface area (Å²) in [5.41, 5.74) is 0. The second-order valence-corrected chi connectivity index (χ2v) is 4.54. The van der Waals surface area contributed by atoms with Crippen molar-refractivity contribution in [1.29, 1.82) is 0 Å². The molecular weight excluding hydrogens is 343 g/mol. The number of amides is 1. The highest BCUT2D eigenvalue weighted by Crippen LogP contribution is 2.18. The Morgan fingerprint density at radius 2 is 2.11 bits per heavy atom. The van der Waals surface area contributed by atoms with Crippen LogP contribution in [0.4, 0.5) is 0 Å². The first-order valence-electron chi connectivity index (χ1n) is 6.42. The number of halogens is 1. The van der Waals surface area contributed by atoms with E-state index in [0.29, 0.717) is 19.0 Å². The molecule has 0 saturated heterocycles. The predicted octanol–water partition coefficient (Wildman–Crippen LogP) is 1.24. The Labute approximate surface area is 127 Å². The zero-order chi connectivity index (χ0) is 12.7. The lowest BCUT2D eigenvalue weighted by molar-refractivity contribution is -0.121. The fraction of sp³-hybridized carbons (Fsp3) is 0.833. The molecule has 1 rings (SSSR count). The average Bonchev–Trinajstić information content (AvgIpc) is 3.11. The van der Waals surface area contributed by atoms with Gasteiger partial charge in [0.05, 0.1) is 0 Å². The van der Waals surface area contributed by atoms with E-state index >= 15 is 0 Å². The van der Waals surface area contributed by atoms with Gasteiger partial charge in [-0.1, -0.05) is 6.92 Å². The van der Waals surface area contributed by atoms with Gasteiger partial charge in [-0.15, -0.1) is 24.0 Å². The number of nitrogens with one attached hydrogen (secondary N) is 3. The largest absolute Gasteiger partial charge is 0.356 e. The number of hydrogen-bond donors (Lipinski definition) is 3. The molecule has 1 amide bonds. The van der Waals surface area contributed by atoms with Crippen LogP contribution in [-0.4, -0.2) is 37.5 Å². The molecule has 3 N–H and O–H groups in total. The molecule has 1 aliphatic rings. The minimum atomic E-state index is 0. The fourth-order valence-corrected chi connectivity index (χ4v) is 1.36. The van der Waals surface area contributed by atoms with Crippen molar-refractivity contribution in [3.63, 3.8) is 0 Å². The van der Waals surface area contributed by atoms with Crippen LogP contribution in [0.15, 0.2) is 4.99 Å². The molecular formula is C12H25IN4O. The van der Waals surface area contributed by atoms with Gasteiger partial charge in [-0.05, 0) is 26.2 Å². The Balaban J connectivity index is 0.00000289. The van der Waals surface area contributed by atoms with Gasteiger partial charge in [0, 0.05) is 32.1 Å². The van der Waals surface area contributed by atoms with E-state index in [4.69, 9.17) is 0 Å². The van der Waals surface area contributed by atoms with E-state index in [1.54, 1.807) is 7.05 Å². The molecule has 0 aromatic rings. The molecule has 0 aliphatic heterocycles. The zero-order valence-electron chi connectivity index (χ0n) is 11.5. The number of rotatable bonds is 6. The lowest BCUT2D eigenvalue weighted by Gasteiger charge is -2.13. The van der Waals surface area contributed by atoms with Gasteiger partial charge in [0.15, 0.2) is 5.96 Å². The van der Waals surface area contributed by atoms with Crippen molar-refractivity contribution in [3.05, 3.63) is 0 Å². The number of carbonyl (C=O) groups excluding carboxylic acids is 1. The predicted molar refractivity (Wildman–Crippen MR) is 85.4 cm³/mol. The number of nitrogens with zero attached hydrogens (tertiary/aromatic N) is 1. The second kappa shape index (κ2) is 9.41. The highest BCUT2D eigenvalue weighted by molar-refractivity contribution is 14.0. The van der Waals surface area contributed by atoms with Crippen molar-refractivity contribution < 1.29 is 4.79 Å². The van der Waals surface area contributed by atoms with Crippen LogP contribution < -0.4 is 16.0 Å². The maximum absolute atomic E-state index is 11.5. The summed E-state index contributed by atoms with van der Waals surface area (Å²) in [5, 5.41) is 9.35. The van der Waals surface area contributed by atoms with E-state index in [0.717, 1.165) is 12.4 Å². The number of hydrogen-bond acceptors (Lipinski definition) is 2. The molecule has 1 aliphatic carbocycles. The molecule has 0 heterocycles. The first-order chi connectivity index (χ1) is 8.15. The Morgan fingerprint density at radius 3 is 2.61 bits per heavy atom. The van der Waals surface area contributed by atoms with Crippen LogP contribution in [-0.2, 0) is 4.79 Å². The quantitative estimate of drug-likeness (QED) is 0.376. The Kier molecular flexibility index (Phi) is 9.13. The second-order valence-electron chi connectivity index (χ2n) is 4.54. The van der Waals surface area contributed by atoms with Crippen LogP contribution in [0.1, 0.15) is 39.5 Å². The third kappa shape index (κ3) is 7.73. The molecule has 0 radical (unpaired) electrons. The van der Waals surface area contributed by atoms with E-state index in [-0.39, 0.29) is 35.9 Å². The molecule has 18 heavy (non-hydrogen) atoms. The summed E-state index contributed by atoms with van der Waals surface area (Å²) in [6, 6.07) is 0.835. The molecule has 1 fully saturated rings. The van der Waals surface area contributed by atoms with Crippen molar-refractivity contribution in [3.8, 4) is 0 Å². The fourth-order valence-electron chi connectivity index (χ4n) is 1.36. The highest BCUT2D eigenvalue weighted by Gasteiger charge is 2.21. The van der Waals surface area contributed by atoms with Crippen LogP contribution >= 0.6 is 24.0 Å². The standard InChI is InChI=1S/C12H24N4O.HI/c1-4-9(2)15-11(17)7-8-14-12(13-3)16-10-5-6-10;/h9-10H,4-8H2,1-3H3,(H,15,17)(H2,13,14,16);1H. The van der Waals surface area contributed by atoms with Gasteiger partial charge in [-0.3, -0.25) is 9.79 Å². The Bertz CT molecular complexity index is 279. The highest BCUT2D eigenvalue weighted by atomic mass is 127. The lowest BCUT2D eigenvalue weighted by atomic mass is 10.2. The first kappa shape index (κ1) is 17.5. The van der Waals surface area contributed by atoms with Crippen molar-refractivity contribution in [2.75, 3.05) is 13.6 Å². The molecule has 106 valence electrons.